The van der Waals surface area contributed by atoms with Crippen LogP contribution in [0.25, 0.3) is 0 Å². The quantitative estimate of drug-likeness (QED) is 0.856. The second-order valence-corrected chi connectivity index (χ2v) is 4.42. The Balaban J connectivity index is 3.68. The third-order valence-corrected chi connectivity index (χ3v) is 2.74. The summed E-state index contributed by atoms with van der Waals surface area (Å²) in [6.07, 6.45) is -3.00. The smallest absolute Gasteiger partial charge is 0.280 e. The molecule has 0 atom stereocenters. The van der Waals surface area contributed by atoms with Gasteiger partial charge in [0.1, 0.15) is 22.2 Å². The molecule has 1 aromatic heterocycles. The normalized spacial score (nSPS) is 11.3. The molecule has 1 rings (SSSR count). The first-order chi connectivity index (χ1) is 7.81. The zero-order chi connectivity index (χ0) is 13.2. The van der Waals surface area contributed by atoms with Crippen LogP contribution in [-0.4, -0.2) is 20.5 Å². The molecular formula is C8H7F2N3O3S. The Morgan fingerprint density at radius 1 is 1.59 bits per heavy atom. The third-order valence-electron chi connectivity index (χ3n) is 1.81. The lowest BCUT2D eigenvalue weighted by atomic mass is 10.2. The second-order valence-electron chi connectivity index (χ2n) is 2.89. The van der Waals surface area contributed by atoms with Crippen LogP contribution in [0.4, 0.5) is 8.78 Å². The Morgan fingerprint density at radius 3 is 2.53 bits per heavy atom. The van der Waals surface area contributed by atoms with Gasteiger partial charge in [-0.1, -0.05) is 0 Å². The first-order valence-electron chi connectivity index (χ1n) is 4.11. The number of alkyl halides is 2. The van der Waals surface area contributed by atoms with Crippen LogP contribution in [0, 0.1) is 11.3 Å². The number of pyridine rings is 1. The fourth-order valence-electron chi connectivity index (χ4n) is 1.10. The molecule has 0 fully saturated rings. The van der Waals surface area contributed by atoms with Crippen molar-refractivity contribution in [1.29, 1.82) is 5.26 Å². The van der Waals surface area contributed by atoms with Gasteiger partial charge >= 0.3 is 0 Å². The van der Waals surface area contributed by atoms with Crippen molar-refractivity contribution in [2.45, 2.75) is 11.3 Å². The summed E-state index contributed by atoms with van der Waals surface area (Å²) >= 11 is 0. The van der Waals surface area contributed by atoms with Crippen LogP contribution in [0.3, 0.4) is 0 Å². The molecule has 1 heterocycles. The number of nitriles is 1. The lowest BCUT2D eigenvalue weighted by Gasteiger charge is -2.08. The van der Waals surface area contributed by atoms with Gasteiger partial charge in [-0.3, -0.25) is 0 Å². The molecule has 0 amide bonds. The molecule has 0 aliphatic rings. The number of hydrogen-bond donors (Lipinski definition) is 1. The highest BCUT2D eigenvalue weighted by atomic mass is 32.2. The molecule has 0 unspecified atom stereocenters. The number of aromatic nitrogens is 1. The van der Waals surface area contributed by atoms with Gasteiger partial charge in [0.05, 0.1) is 7.11 Å². The molecule has 6 nitrogen and oxygen atoms in total. The van der Waals surface area contributed by atoms with Crippen LogP contribution < -0.4 is 9.88 Å². The number of nitrogens with two attached hydrogens (primary N) is 1. The molecule has 17 heavy (non-hydrogen) atoms. The average Bonchev–Trinajstić information content (AvgIpc) is 2.25. The van der Waals surface area contributed by atoms with E-state index in [4.69, 9.17) is 10.4 Å². The van der Waals surface area contributed by atoms with Crippen LogP contribution in [-0.2, 0) is 10.0 Å². The molecule has 2 N–H and O–H groups in total. The van der Waals surface area contributed by atoms with E-state index in [1.807, 2.05) is 0 Å². The molecular weight excluding hydrogens is 256 g/mol. The van der Waals surface area contributed by atoms with Gasteiger partial charge < -0.3 is 4.74 Å². The lowest BCUT2D eigenvalue weighted by Crippen LogP contribution is -2.16. The van der Waals surface area contributed by atoms with E-state index in [0.717, 1.165) is 7.11 Å². The highest BCUT2D eigenvalue weighted by molar-refractivity contribution is 7.89. The van der Waals surface area contributed by atoms with Crippen molar-refractivity contribution in [3.63, 3.8) is 0 Å². The van der Waals surface area contributed by atoms with Gasteiger partial charge in [0.15, 0.2) is 0 Å². The zero-order valence-electron chi connectivity index (χ0n) is 8.52. The SMILES string of the molecule is COc1nc(C(F)F)cc(S(N)(=O)=O)c1C#N. The Labute approximate surface area is 95.7 Å². The summed E-state index contributed by atoms with van der Waals surface area (Å²) in [5.74, 6) is -0.505. The molecule has 9 heteroatoms. The van der Waals surface area contributed by atoms with E-state index in [1.165, 1.54) is 6.07 Å². The highest BCUT2D eigenvalue weighted by Crippen LogP contribution is 2.27. The first kappa shape index (κ1) is 13.3. The maximum atomic E-state index is 12.5. The van der Waals surface area contributed by atoms with E-state index in [9.17, 15) is 17.2 Å². The average molecular weight is 263 g/mol. The van der Waals surface area contributed by atoms with Crippen LogP contribution >= 0.6 is 0 Å². The van der Waals surface area contributed by atoms with E-state index in [2.05, 4.69) is 9.72 Å². The fraction of sp³-hybridized carbons (Fsp3) is 0.250. The van der Waals surface area contributed by atoms with Crippen LogP contribution in [0.2, 0.25) is 0 Å². The van der Waals surface area contributed by atoms with Gasteiger partial charge in [0.25, 0.3) is 6.43 Å². The van der Waals surface area contributed by atoms with Gasteiger partial charge in [-0.25, -0.2) is 27.3 Å². The third kappa shape index (κ3) is 2.66. The molecule has 0 aliphatic heterocycles. The van der Waals surface area contributed by atoms with Crippen molar-refractivity contribution in [1.82, 2.24) is 4.98 Å². The number of rotatable bonds is 3. The Morgan fingerprint density at radius 2 is 2.18 bits per heavy atom. The monoisotopic (exact) mass is 263 g/mol. The maximum absolute atomic E-state index is 12.5. The van der Waals surface area contributed by atoms with Crippen molar-refractivity contribution >= 4 is 10.0 Å². The summed E-state index contributed by atoms with van der Waals surface area (Å²) in [5, 5.41) is 13.6. The minimum Gasteiger partial charge on any atom is -0.480 e. The molecule has 1 aromatic rings. The standard InChI is InChI=1S/C8H7F2N3O3S/c1-16-8-4(3-11)6(17(12,14)15)2-5(13-8)7(9)10/h2,7H,1H3,(H2,12,14,15). The minimum absolute atomic E-state index is 0.501. The van der Waals surface area contributed by atoms with Crippen molar-refractivity contribution in [2.75, 3.05) is 7.11 Å². The first-order valence-corrected chi connectivity index (χ1v) is 5.66. The molecule has 0 bridgehead atoms. The van der Waals surface area contributed by atoms with Gasteiger partial charge in [-0.15, -0.1) is 0 Å². The molecule has 92 valence electrons. The van der Waals surface area contributed by atoms with Gasteiger partial charge in [0, 0.05) is 0 Å². The Bertz CT molecular complexity index is 580. The summed E-state index contributed by atoms with van der Waals surface area (Å²) < 4.78 is 51.8. The number of hydrogen-bond acceptors (Lipinski definition) is 5. The fourth-order valence-corrected chi connectivity index (χ4v) is 1.81. The summed E-state index contributed by atoms with van der Waals surface area (Å²) in [6.45, 7) is 0. The van der Waals surface area contributed by atoms with E-state index < -0.39 is 38.5 Å². The van der Waals surface area contributed by atoms with Gasteiger partial charge in [0.2, 0.25) is 15.9 Å². The predicted octanol–water partition coefficient (Wildman–Crippen LogP) is 0.547. The number of nitrogens with zero attached hydrogens (tertiary/aromatic N) is 2. The van der Waals surface area contributed by atoms with Crippen LogP contribution in [0.5, 0.6) is 5.88 Å². The summed E-state index contributed by atoms with van der Waals surface area (Å²) in [6, 6.07) is 2.05. The van der Waals surface area contributed by atoms with Crippen molar-refractivity contribution in [3.8, 4) is 11.9 Å². The van der Waals surface area contributed by atoms with E-state index in [1.54, 1.807) is 0 Å². The lowest BCUT2D eigenvalue weighted by molar-refractivity contribution is 0.144. The summed E-state index contributed by atoms with van der Waals surface area (Å²) in [7, 11) is -3.24. The number of halogens is 2. The number of methoxy groups -OCH3 is 1. The second kappa shape index (κ2) is 4.60. The Hall–Kier alpha value is -1.79. The molecule has 0 radical (unpaired) electrons. The van der Waals surface area contributed by atoms with Gasteiger partial charge in [-0.2, -0.15) is 5.26 Å². The largest absolute Gasteiger partial charge is 0.480 e. The molecule has 0 aromatic carbocycles. The molecule has 0 spiro atoms. The van der Waals surface area contributed by atoms with Crippen molar-refractivity contribution in [3.05, 3.63) is 17.3 Å². The zero-order valence-corrected chi connectivity index (χ0v) is 9.33. The number of ether oxygens (including phenoxy) is 1. The molecule has 0 saturated heterocycles. The summed E-state index contributed by atoms with van der Waals surface area (Å²) in [4.78, 5) is 2.59. The topological polar surface area (TPSA) is 106 Å². The molecule has 0 aliphatic carbocycles. The molecule has 0 saturated carbocycles. The van der Waals surface area contributed by atoms with E-state index in [-0.39, 0.29) is 0 Å². The summed E-state index contributed by atoms with van der Waals surface area (Å²) in [5.41, 5.74) is -1.33. The van der Waals surface area contributed by atoms with Crippen molar-refractivity contribution in [2.24, 2.45) is 5.14 Å². The maximum Gasteiger partial charge on any atom is 0.280 e. The number of sulfonamides is 1. The van der Waals surface area contributed by atoms with E-state index >= 15 is 0 Å². The highest BCUT2D eigenvalue weighted by Gasteiger charge is 2.23. The van der Waals surface area contributed by atoms with E-state index in [0.29, 0.717) is 6.07 Å². The minimum atomic E-state index is -4.31. The number of primary sulfonamides is 1. The predicted molar refractivity (Wildman–Crippen MR) is 51.8 cm³/mol. The van der Waals surface area contributed by atoms with Crippen LogP contribution in [0.1, 0.15) is 17.7 Å². The Kier molecular flexibility index (Phi) is 3.59. The van der Waals surface area contributed by atoms with Crippen molar-refractivity contribution < 1.29 is 21.9 Å². The van der Waals surface area contributed by atoms with Crippen LogP contribution in [0.15, 0.2) is 11.0 Å². The van der Waals surface area contributed by atoms with Gasteiger partial charge in [-0.05, 0) is 6.07 Å².